The highest BCUT2D eigenvalue weighted by Crippen LogP contribution is 2.42. The van der Waals surface area contributed by atoms with E-state index in [0.717, 1.165) is 22.2 Å². The first-order chi connectivity index (χ1) is 10.1. The normalized spacial score (nSPS) is 11.1. The molecule has 3 rings (SSSR count). The van der Waals surface area contributed by atoms with Gasteiger partial charge in [-0.2, -0.15) is 0 Å². The monoisotopic (exact) mass is 285 g/mol. The van der Waals surface area contributed by atoms with E-state index in [1.165, 1.54) is 16.5 Å². The molecule has 0 fully saturated rings. The van der Waals surface area contributed by atoms with Crippen LogP contribution in [0.4, 0.5) is 0 Å². The number of methoxy groups -OCH3 is 3. The quantitative estimate of drug-likeness (QED) is 0.792. The molecule has 0 aliphatic heterocycles. The summed E-state index contributed by atoms with van der Waals surface area (Å²) < 4.78 is 16.4. The summed E-state index contributed by atoms with van der Waals surface area (Å²) in [6, 6.07) is 6.04. The Morgan fingerprint density at radius 3 is 2.19 bits per heavy atom. The van der Waals surface area contributed by atoms with E-state index in [0.29, 0.717) is 11.5 Å². The van der Waals surface area contributed by atoms with Gasteiger partial charge in [0.1, 0.15) is 5.75 Å². The predicted molar refractivity (Wildman–Crippen MR) is 84.9 cm³/mol. The molecule has 3 aromatic rings. The van der Waals surface area contributed by atoms with E-state index in [4.69, 9.17) is 14.2 Å². The Morgan fingerprint density at radius 1 is 0.857 bits per heavy atom. The van der Waals surface area contributed by atoms with Crippen LogP contribution >= 0.6 is 0 Å². The molecule has 0 atom stereocenters. The van der Waals surface area contributed by atoms with Gasteiger partial charge in [-0.05, 0) is 43.2 Å². The van der Waals surface area contributed by atoms with Gasteiger partial charge in [0.05, 0.1) is 32.4 Å². The van der Waals surface area contributed by atoms with Gasteiger partial charge < -0.3 is 19.2 Å². The molecule has 1 aromatic heterocycles. The number of nitrogens with one attached hydrogen (secondary N) is 1. The van der Waals surface area contributed by atoms with E-state index in [1.807, 2.05) is 6.07 Å². The third-order valence-electron chi connectivity index (χ3n) is 4.10. The van der Waals surface area contributed by atoms with Crippen molar-refractivity contribution in [1.82, 2.24) is 4.98 Å². The maximum atomic E-state index is 5.53. The fourth-order valence-electron chi connectivity index (χ4n) is 2.89. The second-order valence-corrected chi connectivity index (χ2v) is 5.12. The smallest absolute Gasteiger partial charge is 0.184 e. The van der Waals surface area contributed by atoms with Crippen LogP contribution in [0, 0.1) is 13.8 Å². The number of hydrogen-bond acceptors (Lipinski definition) is 3. The van der Waals surface area contributed by atoms with Crippen LogP contribution in [0.1, 0.15) is 11.1 Å². The molecule has 1 N–H and O–H groups in total. The van der Waals surface area contributed by atoms with Crippen molar-refractivity contribution >= 4 is 21.8 Å². The zero-order valence-electron chi connectivity index (χ0n) is 13.0. The van der Waals surface area contributed by atoms with Crippen LogP contribution in [0.5, 0.6) is 17.2 Å². The molecule has 0 aliphatic carbocycles. The van der Waals surface area contributed by atoms with Gasteiger partial charge in [0, 0.05) is 10.8 Å². The highest BCUT2D eigenvalue weighted by Gasteiger charge is 2.18. The number of benzene rings is 2. The van der Waals surface area contributed by atoms with E-state index in [-0.39, 0.29) is 0 Å². The molecule has 4 nitrogen and oxygen atoms in total. The molecule has 0 bridgehead atoms. The summed E-state index contributed by atoms with van der Waals surface area (Å²) in [6.07, 6.45) is 0. The van der Waals surface area contributed by atoms with Crippen LogP contribution in [0.3, 0.4) is 0 Å². The lowest BCUT2D eigenvalue weighted by molar-refractivity contribution is 0.358. The Kier molecular flexibility index (Phi) is 3.16. The minimum atomic E-state index is 0.713. The van der Waals surface area contributed by atoms with Crippen molar-refractivity contribution in [2.75, 3.05) is 21.3 Å². The first kappa shape index (κ1) is 13.6. The molecule has 1 heterocycles. The molecular formula is C17H19NO3. The minimum Gasteiger partial charge on any atom is -0.495 e. The highest BCUT2D eigenvalue weighted by molar-refractivity contribution is 6.13. The molecule has 21 heavy (non-hydrogen) atoms. The van der Waals surface area contributed by atoms with Crippen molar-refractivity contribution in [3.8, 4) is 17.2 Å². The third kappa shape index (κ3) is 1.82. The number of hydrogen-bond donors (Lipinski definition) is 1. The van der Waals surface area contributed by atoms with Gasteiger partial charge in [0.15, 0.2) is 11.5 Å². The van der Waals surface area contributed by atoms with E-state index in [9.17, 15) is 0 Å². The van der Waals surface area contributed by atoms with Crippen molar-refractivity contribution in [3.05, 3.63) is 29.3 Å². The average molecular weight is 285 g/mol. The van der Waals surface area contributed by atoms with Crippen LogP contribution in [0.25, 0.3) is 21.8 Å². The van der Waals surface area contributed by atoms with E-state index < -0.39 is 0 Å². The first-order valence-electron chi connectivity index (χ1n) is 6.83. The molecule has 0 unspecified atom stereocenters. The van der Waals surface area contributed by atoms with Gasteiger partial charge >= 0.3 is 0 Å². The van der Waals surface area contributed by atoms with Crippen LogP contribution in [0.15, 0.2) is 18.2 Å². The molecule has 0 saturated heterocycles. The van der Waals surface area contributed by atoms with Crippen molar-refractivity contribution in [3.63, 3.8) is 0 Å². The summed E-state index contributed by atoms with van der Waals surface area (Å²) in [5, 5.41) is 2.28. The number of aromatic amines is 1. The fraction of sp³-hybridized carbons (Fsp3) is 0.294. The van der Waals surface area contributed by atoms with Crippen molar-refractivity contribution in [1.29, 1.82) is 0 Å². The number of H-pyrrole nitrogens is 1. The standard InChI is InChI=1S/C17H19NO3/c1-9-8-13(20-4)16-14(10(9)2)11-6-7-12(19-3)17(21-5)15(11)18-16/h6-8,18H,1-5H3. The second-order valence-electron chi connectivity index (χ2n) is 5.12. The first-order valence-corrected chi connectivity index (χ1v) is 6.83. The van der Waals surface area contributed by atoms with Gasteiger partial charge in [-0.15, -0.1) is 0 Å². The van der Waals surface area contributed by atoms with Crippen molar-refractivity contribution in [2.45, 2.75) is 13.8 Å². The summed E-state index contributed by atoms with van der Waals surface area (Å²) in [6.45, 7) is 4.22. The molecule has 0 saturated carbocycles. The summed E-state index contributed by atoms with van der Waals surface area (Å²) in [5.41, 5.74) is 4.36. The van der Waals surface area contributed by atoms with Crippen LogP contribution in [-0.4, -0.2) is 26.3 Å². The van der Waals surface area contributed by atoms with Crippen molar-refractivity contribution in [2.24, 2.45) is 0 Å². The number of fused-ring (bicyclic) bond motifs is 3. The molecule has 0 amide bonds. The minimum absolute atomic E-state index is 0.713. The maximum absolute atomic E-state index is 5.53. The fourth-order valence-corrected chi connectivity index (χ4v) is 2.89. The topological polar surface area (TPSA) is 43.5 Å². The SMILES string of the molecule is COc1ccc2c([nH]c3c(OC)cc(C)c(C)c32)c1OC. The Balaban J connectivity index is 2.53. The molecule has 0 spiro atoms. The molecular weight excluding hydrogens is 266 g/mol. The Morgan fingerprint density at radius 2 is 1.57 bits per heavy atom. The Hall–Kier alpha value is -2.36. The average Bonchev–Trinajstić information content (AvgIpc) is 2.89. The van der Waals surface area contributed by atoms with Gasteiger partial charge in [-0.25, -0.2) is 0 Å². The second kappa shape index (κ2) is 4.88. The number of aryl methyl sites for hydroxylation is 2. The summed E-state index contributed by atoms with van der Waals surface area (Å²) in [4.78, 5) is 3.43. The van der Waals surface area contributed by atoms with E-state index in [2.05, 4.69) is 31.0 Å². The lowest BCUT2D eigenvalue weighted by Gasteiger charge is -2.08. The molecule has 0 radical (unpaired) electrons. The molecule has 110 valence electrons. The number of rotatable bonds is 3. The Labute approximate surface area is 123 Å². The van der Waals surface area contributed by atoms with Crippen LogP contribution in [-0.2, 0) is 0 Å². The molecule has 2 aromatic carbocycles. The van der Waals surface area contributed by atoms with Gasteiger partial charge in [0.25, 0.3) is 0 Å². The maximum Gasteiger partial charge on any atom is 0.184 e. The highest BCUT2D eigenvalue weighted by atomic mass is 16.5. The zero-order valence-corrected chi connectivity index (χ0v) is 13.0. The predicted octanol–water partition coefficient (Wildman–Crippen LogP) is 3.96. The van der Waals surface area contributed by atoms with Gasteiger partial charge in [-0.1, -0.05) is 0 Å². The number of ether oxygens (including phenoxy) is 3. The van der Waals surface area contributed by atoms with Crippen LogP contribution in [0.2, 0.25) is 0 Å². The van der Waals surface area contributed by atoms with E-state index in [1.54, 1.807) is 21.3 Å². The van der Waals surface area contributed by atoms with Crippen LogP contribution < -0.4 is 14.2 Å². The number of aromatic nitrogens is 1. The summed E-state index contributed by atoms with van der Waals surface area (Å²) >= 11 is 0. The third-order valence-corrected chi connectivity index (χ3v) is 4.10. The lowest BCUT2D eigenvalue weighted by Crippen LogP contribution is -1.90. The largest absolute Gasteiger partial charge is 0.495 e. The Bertz CT molecular complexity index is 833. The molecule has 0 aliphatic rings. The van der Waals surface area contributed by atoms with E-state index >= 15 is 0 Å². The zero-order chi connectivity index (χ0) is 15.1. The van der Waals surface area contributed by atoms with Gasteiger partial charge in [0.2, 0.25) is 0 Å². The van der Waals surface area contributed by atoms with Crippen molar-refractivity contribution < 1.29 is 14.2 Å². The molecule has 4 heteroatoms. The lowest BCUT2D eigenvalue weighted by atomic mass is 10.0. The summed E-state index contributed by atoms with van der Waals surface area (Å²) in [7, 11) is 4.98. The van der Waals surface area contributed by atoms with Gasteiger partial charge in [-0.3, -0.25) is 0 Å². The summed E-state index contributed by atoms with van der Waals surface area (Å²) in [5.74, 6) is 2.26.